The van der Waals surface area contributed by atoms with Crippen molar-refractivity contribution in [2.24, 2.45) is 16.3 Å². The van der Waals surface area contributed by atoms with Crippen LogP contribution in [-0.2, 0) is 4.79 Å². The normalized spacial score (nSPS) is 21.0. The number of amides is 1. The van der Waals surface area contributed by atoms with E-state index >= 15 is 0 Å². The second-order valence-electron chi connectivity index (χ2n) is 11.2. The molecule has 0 aliphatic carbocycles. The van der Waals surface area contributed by atoms with Crippen molar-refractivity contribution in [2.45, 2.75) is 66.7 Å². The van der Waals surface area contributed by atoms with Crippen molar-refractivity contribution in [1.82, 2.24) is 15.1 Å². The second kappa shape index (κ2) is 12.7. The molecule has 0 atom stereocenters. The van der Waals surface area contributed by atoms with Gasteiger partial charge in [0, 0.05) is 24.7 Å². The molecule has 2 fully saturated rings. The van der Waals surface area contributed by atoms with Crippen LogP contribution in [-0.4, -0.2) is 72.3 Å². The molecule has 1 amide bonds. The Kier molecular flexibility index (Phi) is 9.93. The first-order chi connectivity index (χ1) is 16.6. The fourth-order valence-corrected chi connectivity index (χ4v) is 5.08. The van der Waals surface area contributed by atoms with Gasteiger partial charge in [0.25, 0.3) is 0 Å². The predicted molar refractivity (Wildman–Crippen MR) is 145 cm³/mol. The number of aliphatic imine (C=N–C) groups is 1. The van der Waals surface area contributed by atoms with Crippen LogP contribution in [0, 0.1) is 18.3 Å². The number of carbonyl (C=O) groups excluding carboxylic acids is 1. The first-order valence-electron chi connectivity index (χ1n) is 13.4. The van der Waals surface area contributed by atoms with Gasteiger partial charge in [0.05, 0.1) is 5.70 Å². The third kappa shape index (κ3) is 8.46. The molecule has 0 radical (unpaired) electrons. The van der Waals surface area contributed by atoms with Crippen LogP contribution in [0.2, 0.25) is 0 Å². The van der Waals surface area contributed by atoms with E-state index < -0.39 is 0 Å². The summed E-state index contributed by atoms with van der Waals surface area (Å²) in [5, 5.41) is 13.4. The molecule has 3 rings (SSSR count). The van der Waals surface area contributed by atoms with Crippen molar-refractivity contribution in [2.75, 3.05) is 45.8 Å². The third-order valence-electron chi connectivity index (χ3n) is 7.75. The molecule has 1 aromatic rings. The quantitative estimate of drug-likeness (QED) is 0.297. The molecule has 2 aliphatic rings. The molecule has 0 bridgehead atoms. The highest BCUT2D eigenvalue weighted by molar-refractivity contribution is 6.00. The number of piperidine rings is 2. The van der Waals surface area contributed by atoms with Gasteiger partial charge in [-0.05, 0) is 102 Å². The zero-order valence-corrected chi connectivity index (χ0v) is 22.6. The summed E-state index contributed by atoms with van der Waals surface area (Å²) in [4.78, 5) is 22.3. The van der Waals surface area contributed by atoms with E-state index in [1.165, 1.54) is 31.5 Å². The second-order valence-corrected chi connectivity index (χ2v) is 11.2. The van der Waals surface area contributed by atoms with Gasteiger partial charge in [0.2, 0.25) is 5.91 Å². The van der Waals surface area contributed by atoms with Crippen LogP contribution < -0.4 is 5.32 Å². The Morgan fingerprint density at radius 1 is 1.09 bits per heavy atom. The van der Waals surface area contributed by atoms with E-state index in [9.17, 15) is 9.90 Å². The van der Waals surface area contributed by atoms with Crippen LogP contribution in [0.15, 0.2) is 40.7 Å². The molecule has 0 unspecified atom stereocenters. The summed E-state index contributed by atoms with van der Waals surface area (Å²) in [6, 6.07) is 8.18. The molecule has 2 aliphatic heterocycles. The number of hydrogen-bond donors (Lipinski definition) is 2. The first-order valence-corrected chi connectivity index (χ1v) is 13.4. The minimum atomic E-state index is 0.0851. The van der Waals surface area contributed by atoms with E-state index in [4.69, 9.17) is 4.99 Å². The van der Waals surface area contributed by atoms with Crippen LogP contribution in [0.1, 0.15) is 70.9 Å². The molecule has 1 aromatic carbocycles. The van der Waals surface area contributed by atoms with Gasteiger partial charge in [0.1, 0.15) is 5.76 Å². The van der Waals surface area contributed by atoms with E-state index in [-0.39, 0.29) is 17.6 Å². The number of aryl methyl sites for hydroxylation is 1. The summed E-state index contributed by atoms with van der Waals surface area (Å²) in [6.45, 7) is 17.0. The maximum atomic E-state index is 12.7. The lowest BCUT2D eigenvalue weighted by atomic mass is 9.83. The zero-order chi connectivity index (χ0) is 25.4. The van der Waals surface area contributed by atoms with E-state index in [1.807, 2.05) is 19.1 Å². The smallest absolute Gasteiger partial charge is 0.223 e. The summed E-state index contributed by atoms with van der Waals surface area (Å²) in [5.41, 5.74) is 4.38. The molecule has 194 valence electrons. The highest BCUT2D eigenvalue weighted by Gasteiger charge is 2.26. The number of hydrogen-bond acceptors (Lipinski definition) is 5. The number of benzene rings is 1. The Hall–Kier alpha value is -2.18. The number of rotatable bonds is 9. The highest BCUT2D eigenvalue weighted by Crippen LogP contribution is 2.29. The molecule has 0 saturated carbocycles. The minimum Gasteiger partial charge on any atom is -0.511 e. The lowest BCUT2D eigenvalue weighted by Crippen LogP contribution is -2.42. The number of nitrogens with one attached hydrogen (secondary N) is 1. The van der Waals surface area contributed by atoms with Crippen molar-refractivity contribution in [3.05, 3.63) is 46.8 Å². The van der Waals surface area contributed by atoms with E-state index in [0.717, 1.165) is 56.7 Å². The van der Waals surface area contributed by atoms with Gasteiger partial charge in [-0.3, -0.25) is 14.7 Å². The van der Waals surface area contributed by atoms with Crippen LogP contribution in [0.3, 0.4) is 0 Å². The maximum Gasteiger partial charge on any atom is 0.223 e. The summed E-state index contributed by atoms with van der Waals surface area (Å²) >= 11 is 0. The molecule has 2 N–H and O–H groups in total. The van der Waals surface area contributed by atoms with Crippen molar-refractivity contribution in [3.63, 3.8) is 0 Å². The largest absolute Gasteiger partial charge is 0.511 e. The monoisotopic (exact) mass is 482 g/mol. The molecule has 2 saturated heterocycles. The third-order valence-corrected chi connectivity index (χ3v) is 7.75. The van der Waals surface area contributed by atoms with E-state index in [0.29, 0.717) is 17.7 Å². The van der Waals surface area contributed by atoms with Gasteiger partial charge in [-0.15, -0.1) is 0 Å². The van der Waals surface area contributed by atoms with Crippen LogP contribution >= 0.6 is 0 Å². The molecule has 0 spiro atoms. The van der Waals surface area contributed by atoms with Gasteiger partial charge in [-0.1, -0.05) is 38.1 Å². The van der Waals surface area contributed by atoms with Crippen LogP contribution in [0.5, 0.6) is 0 Å². The van der Waals surface area contributed by atoms with Crippen molar-refractivity contribution < 1.29 is 9.90 Å². The number of allylic oxidation sites excluding steroid dienone is 1. The number of nitrogens with zero attached hydrogens (tertiary/aromatic N) is 3. The molecule has 6 heteroatoms. The highest BCUT2D eigenvalue weighted by atomic mass is 16.3. The Morgan fingerprint density at radius 3 is 2.37 bits per heavy atom. The van der Waals surface area contributed by atoms with Gasteiger partial charge in [-0.2, -0.15) is 0 Å². The summed E-state index contributed by atoms with van der Waals surface area (Å²) in [6.07, 6.45) is 5.26. The Morgan fingerprint density at radius 2 is 1.74 bits per heavy atom. The summed E-state index contributed by atoms with van der Waals surface area (Å²) in [5.74, 6) is 0.545. The number of aliphatic hydroxyl groups excluding tert-OH is 1. The fourth-order valence-electron chi connectivity index (χ4n) is 5.08. The van der Waals surface area contributed by atoms with Crippen LogP contribution in [0.4, 0.5) is 0 Å². The summed E-state index contributed by atoms with van der Waals surface area (Å²) in [7, 11) is 0. The van der Waals surface area contributed by atoms with E-state index in [2.05, 4.69) is 48.0 Å². The number of aliphatic hydroxyl groups is 1. The Labute approximate surface area is 212 Å². The average Bonchev–Trinajstić information content (AvgIpc) is 2.82. The zero-order valence-electron chi connectivity index (χ0n) is 22.6. The van der Waals surface area contributed by atoms with Crippen molar-refractivity contribution >= 4 is 11.6 Å². The topological polar surface area (TPSA) is 68.2 Å². The molecular formula is C29H46N4O2. The lowest BCUT2D eigenvalue weighted by molar-refractivity contribution is -0.126. The summed E-state index contributed by atoms with van der Waals surface area (Å²) < 4.78 is 0. The van der Waals surface area contributed by atoms with E-state index in [1.54, 1.807) is 6.92 Å². The van der Waals surface area contributed by atoms with Gasteiger partial charge in [-0.25, -0.2) is 0 Å². The maximum absolute atomic E-state index is 12.7. The Bertz CT molecular complexity index is 899. The number of likely N-dealkylation sites (tertiary alicyclic amines) is 2. The SMILES string of the molecule is CC(=N/C(CN1CCC(C(=O)NCCCN2CCC(C)(C)CC2)CC1)=C(/C)O)c1ccccc1C. The van der Waals surface area contributed by atoms with Gasteiger partial charge in [0.15, 0.2) is 0 Å². The minimum absolute atomic E-state index is 0.0851. The molecule has 2 heterocycles. The van der Waals surface area contributed by atoms with Crippen molar-refractivity contribution in [1.29, 1.82) is 0 Å². The molecule has 6 nitrogen and oxygen atoms in total. The fraction of sp³-hybridized carbons (Fsp3) is 0.655. The number of carbonyl (C=O) groups is 1. The lowest BCUT2D eigenvalue weighted by Gasteiger charge is -2.37. The molecule has 35 heavy (non-hydrogen) atoms. The molecular weight excluding hydrogens is 436 g/mol. The predicted octanol–water partition coefficient (Wildman–Crippen LogP) is 4.93. The first kappa shape index (κ1) is 27.4. The van der Waals surface area contributed by atoms with Gasteiger partial charge >= 0.3 is 0 Å². The molecule has 0 aromatic heterocycles. The average molecular weight is 483 g/mol. The van der Waals surface area contributed by atoms with Crippen LogP contribution in [0.25, 0.3) is 0 Å². The van der Waals surface area contributed by atoms with Crippen molar-refractivity contribution in [3.8, 4) is 0 Å². The Balaban J connectivity index is 1.40. The van der Waals surface area contributed by atoms with Gasteiger partial charge < -0.3 is 15.3 Å². The standard InChI is InChI=1S/C29H46N4O2/c1-22-9-6-7-10-26(22)23(2)31-27(24(3)34)21-33-17-11-25(12-18-33)28(35)30-15-8-16-32-19-13-29(4,5)14-20-32/h6-7,9-10,25,34H,8,11-21H2,1-5H3,(H,30,35)/b27-24-,31-23?.